The molecule has 3 aliphatic heterocycles. The summed E-state index contributed by atoms with van der Waals surface area (Å²) in [5.41, 5.74) is 8.23. The quantitative estimate of drug-likeness (QED) is 0.0967. The highest BCUT2D eigenvalue weighted by atomic mass is 32.5. The summed E-state index contributed by atoms with van der Waals surface area (Å²) in [5.74, 6) is -0.0931. The van der Waals surface area contributed by atoms with Crippen molar-refractivity contribution in [2.24, 2.45) is 0 Å². The van der Waals surface area contributed by atoms with Crippen LogP contribution in [-0.2, 0) is 36.1 Å². The Kier molecular flexibility index (Phi) is 6.80. The number of aromatic nitrogens is 8. The lowest BCUT2D eigenvalue weighted by atomic mass is 10.0. The largest absolute Gasteiger partial charge is 0.395 e. The number of rotatable bonds is 8. The number of imidazole rings is 2. The van der Waals surface area contributed by atoms with Crippen molar-refractivity contribution in [1.29, 1.82) is 0 Å². The molecule has 2 bridgehead atoms. The molecule has 4 aromatic heterocycles. The number of nitrogens with zero attached hydrogens (tertiary/aromatic N) is 7. The minimum atomic E-state index is -4.28. The van der Waals surface area contributed by atoms with E-state index >= 15 is 0 Å². The molecular formula is C21H25N10O9PS2. The van der Waals surface area contributed by atoms with Crippen molar-refractivity contribution in [3.63, 3.8) is 0 Å². The number of aliphatic hydroxyl groups is 3. The number of nitrogen functional groups attached to an aromatic ring is 2. The Morgan fingerprint density at radius 3 is 2.74 bits per heavy atom. The molecule has 0 spiro atoms. The van der Waals surface area contributed by atoms with Crippen molar-refractivity contribution in [1.82, 2.24) is 39.0 Å². The van der Waals surface area contributed by atoms with Crippen molar-refractivity contribution in [2.45, 2.75) is 41.1 Å². The highest BCUT2D eigenvalue weighted by Gasteiger charge is 2.63. The van der Waals surface area contributed by atoms with E-state index < -0.39 is 66.6 Å². The van der Waals surface area contributed by atoms with Crippen LogP contribution in [0, 0.1) is 0 Å². The average Bonchev–Trinajstić information content (AvgIpc) is 3.77. The zero-order chi connectivity index (χ0) is 30.3. The van der Waals surface area contributed by atoms with Crippen molar-refractivity contribution in [3.05, 3.63) is 29.3 Å². The number of fused-ring (bicyclic) bond motifs is 4. The molecule has 0 radical (unpaired) electrons. The molecule has 8 atom stereocenters. The molecule has 3 fully saturated rings. The highest BCUT2D eigenvalue weighted by molar-refractivity contribution is 8.07. The Labute approximate surface area is 249 Å². The van der Waals surface area contributed by atoms with Gasteiger partial charge in [-0.3, -0.25) is 23.4 Å². The van der Waals surface area contributed by atoms with E-state index in [4.69, 9.17) is 41.8 Å². The summed E-state index contributed by atoms with van der Waals surface area (Å²) in [6.07, 6.45) is -0.478. The van der Waals surface area contributed by atoms with Crippen molar-refractivity contribution < 1.29 is 38.7 Å². The zero-order valence-electron chi connectivity index (χ0n) is 21.8. The molecule has 22 heteroatoms. The van der Waals surface area contributed by atoms with Crippen LogP contribution in [0.3, 0.4) is 0 Å². The van der Waals surface area contributed by atoms with E-state index in [1.165, 1.54) is 23.5 Å². The van der Waals surface area contributed by atoms with E-state index in [1.54, 1.807) is 4.57 Å². The highest BCUT2D eigenvalue weighted by Crippen LogP contribution is 2.56. The molecule has 9 N–H and O–H groups in total. The molecule has 3 saturated heterocycles. The summed E-state index contributed by atoms with van der Waals surface area (Å²) in [6, 6.07) is 0. The fraction of sp³-hybridized carbons (Fsp3) is 0.524. The number of hydrogen-bond donors (Lipinski definition) is 7. The molecule has 19 nitrogen and oxygen atoms in total. The normalized spacial score (nSPS) is 33.5. The van der Waals surface area contributed by atoms with Gasteiger partial charge in [-0.05, 0) is 11.8 Å². The van der Waals surface area contributed by atoms with Crippen LogP contribution in [0.25, 0.3) is 22.3 Å². The van der Waals surface area contributed by atoms with Gasteiger partial charge in [0.2, 0.25) is 5.95 Å². The van der Waals surface area contributed by atoms with Crippen LogP contribution < -0.4 is 17.0 Å². The molecular weight excluding hydrogens is 631 g/mol. The maximum Gasteiger partial charge on any atom is 0.326 e. The Morgan fingerprint density at radius 1 is 1.19 bits per heavy atom. The number of aromatic amines is 1. The summed E-state index contributed by atoms with van der Waals surface area (Å²) in [6.45, 7) is -5.27. The summed E-state index contributed by atoms with van der Waals surface area (Å²) < 4.78 is 26.6. The summed E-state index contributed by atoms with van der Waals surface area (Å²) in [5, 5.41) is 31.5. The Morgan fingerprint density at radius 2 is 1.98 bits per heavy atom. The molecule has 0 aromatic carbocycles. The van der Waals surface area contributed by atoms with Crippen LogP contribution in [-0.4, -0.2) is 114 Å². The fourth-order valence-electron chi connectivity index (χ4n) is 5.60. The van der Waals surface area contributed by atoms with Gasteiger partial charge >= 0.3 is 6.72 Å². The first-order chi connectivity index (χ1) is 20.5. The van der Waals surface area contributed by atoms with Gasteiger partial charge in [-0.1, -0.05) is 0 Å². The van der Waals surface area contributed by atoms with Crippen LogP contribution in [0.5, 0.6) is 0 Å². The van der Waals surface area contributed by atoms with E-state index in [9.17, 15) is 25.0 Å². The van der Waals surface area contributed by atoms with Gasteiger partial charge in [-0.15, -0.1) is 11.8 Å². The maximum atomic E-state index is 12.4. The number of nitrogens with one attached hydrogen (secondary N) is 1. The van der Waals surface area contributed by atoms with Gasteiger partial charge in [-0.25, -0.2) is 19.9 Å². The minimum Gasteiger partial charge on any atom is -0.395 e. The Bertz CT molecular complexity index is 1840. The number of ether oxygens (including phenoxy) is 2. The number of anilines is 2. The second-order valence-electron chi connectivity index (χ2n) is 10.3. The first-order valence-electron chi connectivity index (χ1n) is 12.7. The molecule has 7 heterocycles. The molecule has 0 aliphatic carbocycles. The lowest BCUT2D eigenvalue weighted by Gasteiger charge is -2.37. The van der Waals surface area contributed by atoms with E-state index in [2.05, 4.69) is 29.9 Å². The van der Waals surface area contributed by atoms with Crippen LogP contribution in [0.4, 0.5) is 11.8 Å². The van der Waals surface area contributed by atoms with E-state index in [-0.39, 0.29) is 35.3 Å². The summed E-state index contributed by atoms with van der Waals surface area (Å²) >= 11 is 6.51. The van der Waals surface area contributed by atoms with Crippen LogP contribution in [0.2, 0.25) is 0 Å². The van der Waals surface area contributed by atoms with Crippen LogP contribution >= 0.6 is 18.5 Å². The third-order valence-corrected chi connectivity index (χ3v) is 10.7. The fourth-order valence-corrected chi connectivity index (χ4v) is 8.65. The van der Waals surface area contributed by atoms with Gasteiger partial charge in [0.1, 0.15) is 35.8 Å². The maximum absolute atomic E-state index is 12.4. The van der Waals surface area contributed by atoms with Gasteiger partial charge in [0.25, 0.3) is 5.56 Å². The van der Waals surface area contributed by atoms with Crippen LogP contribution in [0.1, 0.15) is 6.23 Å². The zero-order valence-corrected chi connectivity index (χ0v) is 24.4. The lowest BCUT2D eigenvalue weighted by molar-refractivity contribution is -0.185. The third-order valence-electron chi connectivity index (χ3n) is 7.75. The number of H-pyrrole nitrogens is 1. The lowest BCUT2D eigenvalue weighted by Crippen LogP contribution is -2.49. The van der Waals surface area contributed by atoms with Crippen molar-refractivity contribution >= 4 is 64.4 Å². The van der Waals surface area contributed by atoms with E-state index in [1.807, 2.05) is 0 Å². The second-order valence-corrected chi connectivity index (χ2v) is 14.3. The smallest absolute Gasteiger partial charge is 0.326 e. The van der Waals surface area contributed by atoms with Crippen molar-refractivity contribution in [2.75, 3.05) is 37.0 Å². The predicted octanol–water partition coefficient (Wildman–Crippen LogP) is -2.48. The molecule has 230 valence electrons. The number of aliphatic hydroxyl groups excluding tert-OH is 3. The first-order valence-corrected chi connectivity index (χ1v) is 16.3. The summed E-state index contributed by atoms with van der Waals surface area (Å²) in [7, 11) is 0. The number of hydrogen-bond acceptors (Lipinski definition) is 17. The molecule has 7 rings (SSSR count). The monoisotopic (exact) mass is 656 g/mol. The number of nitrogens with two attached hydrogens (primary N) is 2. The van der Waals surface area contributed by atoms with Gasteiger partial charge in [0.05, 0.1) is 37.7 Å². The molecule has 43 heavy (non-hydrogen) atoms. The molecule has 3 aliphatic rings. The van der Waals surface area contributed by atoms with Gasteiger partial charge in [0.15, 0.2) is 34.6 Å². The topological polar surface area (TPSA) is 277 Å². The number of thioether (sulfide) groups is 1. The van der Waals surface area contributed by atoms with E-state index in [0.717, 1.165) is 11.8 Å². The third kappa shape index (κ3) is 4.38. The second kappa shape index (κ2) is 10.1. The first kappa shape index (κ1) is 28.9. The van der Waals surface area contributed by atoms with Crippen molar-refractivity contribution in [3.8, 4) is 0 Å². The Hall–Kier alpha value is -2.82. The van der Waals surface area contributed by atoms with Gasteiger partial charge in [0, 0.05) is 5.75 Å². The molecule has 4 aromatic rings. The standard InChI is InChI=1S/C21H25N10O9PS2/c22-14-9-15(25-5-24-14)30(6-26-9)18-11-13(34)20(39-18,2-37-11)3-38-41(36,42)40-21(4-43-8(1-32)12(21)33)31-7-27-10-16(31)28-19(23)29-17(10)35/h5-8,11-13,18,32-34H,1-4H2,(H,36,42)(H2,22,24,25)(H3,23,28,29,35)/t8-,11-,12-,13+,18-,20-,21+,41?/m1/s1. The summed E-state index contributed by atoms with van der Waals surface area (Å²) in [4.78, 5) is 46.6. The average molecular weight is 657 g/mol. The minimum absolute atomic E-state index is 0.0439. The van der Waals surface area contributed by atoms with Crippen LogP contribution in [0.15, 0.2) is 23.8 Å². The van der Waals surface area contributed by atoms with Gasteiger partial charge in [-0.2, -0.15) is 4.98 Å². The molecule has 0 amide bonds. The van der Waals surface area contributed by atoms with Gasteiger partial charge < -0.3 is 45.7 Å². The van der Waals surface area contributed by atoms with E-state index in [0.29, 0.717) is 11.2 Å². The molecule has 0 saturated carbocycles. The molecule has 1 unspecified atom stereocenters. The SMILES string of the molecule is Nc1nc2c(ncn2[C@]2(OP(O)(=S)OC[C@@]34CO[C@@H]([C@H](n5cnc6c(N)ncnc65)O3)[C@@H]4O)CS[C@H](CO)[C@H]2O)c(=O)[nH]1. The Balaban J connectivity index is 1.17. The predicted molar refractivity (Wildman–Crippen MR) is 152 cm³/mol.